The molecule has 1 aromatic rings. The van der Waals surface area contributed by atoms with Crippen LogP contribution in [-0.4, -0.2) is 24.6 Å². The number of thiazole rings is 1. The Balaban J connectivity index is 1.80. The third-order valence-electron chi connectivity index (χ3n) is 2.97. The Bertz CT molecular complexity index is 267. The lowest BCUT2D eigenvalue weighted by molar-refractivity contribution is 0.444. The first kappa shape index (κ1) is 11.0. The topological polar surface area (TPSA) is 37.0 Å². The van der Waals surface area contributed by atoms with Crippen molar-refractivity contribution in [2.75, 3.05) is 19.6 Å². The molecule has 1 aliphatic heterocycles. The molecule has 2 N–H and O–H groups in total. The monoisotopic (exact) mass is 225 g/mol. The number of hydrogen-bond donors (Lipinski definition) is 2. The van der Waals surface area contributed by atoms with E-state index in [1.807, 2.05) is 6.20 Å². The van der Waals surface area contributed by atoms with Crippen molar-refractivity contribution in [1.29, 1.82) is 0 Å². The van der Waals surface area contributed by atoms with Crippen LogP contribution < -0.4 is 10.6 Å². The average Bonchev–Trinajstić information content (AvgIpc) is 2.90. The van der Waals surface area contributed by atoms with E-state index in [9.17, 15) is 0 Å². The maximum Gasteiger partial charge on any atom is 0.109 e. The smallest absolute Gasteiger partial charge is 0.109 e. The Morgan fingerprint density at radius 3 is 3.27 bits per heavy atom. The van der Waals surface area contributed by atoms with Gasteiger partial charge in [-0.05, 0) is 38.4 Å². The summed E-state index contributed by atoms with van der Waals surface area (Å²) >= 11 is 1.75. The Kier molecular flexibility index (Phi) is 4.11. The fourth-order valence-corrected chi connectivity index (χ4v) is 2.81. The van der Waals surface area contributed by atoms with Gasteiger partial charge in [0, 0.05) is 11.6 Å². The molecule has 1 saturated heterocycles. The summed E-state index contributed by atoms with van der Waals surface area (Å²) in [6.07, 6.45) is 4.32. The number of nitrogens with one attached hydrogen (secondary N) is 2. The maximum atomic E-state index is 4.37. The summed E-state index contributed by atoms with van der Waals surface area (Å²) in [4.78, 5) is 4.37. The maximum absolute atomic E-state index is 4.37. The molecule has 84 valence electrons. The molecule has 1 aliphatic rings. The molecule has 0 radical (unpaired) electrons. The second-order valence-electron chi connectivity index (χ2n) is 4.10. The van der Waals surface area contributed by atoms with Crippen LogP contribution >= 0.6 is 11.3 Å². The van der Waals surface area contributed by atoms with Crippen molar-refractivity contribution in [3.63, 3.8) is 0 Å². The third-order valence-corrected chi connectivity index (χ3v) is 3.86. The summed E-state index contributed by atoms with van der Waals surface area (Å²) in [5.74, 6) is 0.805. The molecule has 2 unspecified atom stereocenters. The lowest BCUT2D eigenvalue weighted by Gasteiger charge is -2.17. The van der Waals surface area contributed by atoms with Crippen LogP contribution in [0.2, 0.25) is 0 Å². The van der Waals surface area contributed by atoms with Crippen LogP contribution in [0.15, 0.2) is 11.6 Å². The minimum atomic E-state index is 0.450. The van der Waals surface area contributed by atoms with Gasteiger partial charge in [0.1, 0.15) is 5.01 Å². The quantitative estimate of drug-likeness (QED) is 0.802. The Labute approximate surface area is 95.3 Å². The number of aromatic nitrogens is 1. The molecule has 1 fully saturated rings. The predicted molar refractivity (Wildman–Crippen MR) is 64.1 cm³/mol. The van der Waals surface area contributed by atoms with Crippen molar-refractivity contribution in [2.45, 2.75) is 25.8 Å². The summed E-state index contributed by atoms with van der Waals surface area (Å²) in [5, 5.41) is 10.3. The van der Waals surface area contributed by atoms with E-state index in [0.29, 0.717) is 6.04 Å². The van der Waals surface area contributed by atoms with Crippen LogP contribution in [0.4, 0.5) is 0 Å². The van der Waals surface area contributed by atoms with Crippen LogP contribution in [-0.2, 0) is 0 Å². The van der Waals surface area contributed by atoms with Crippen molar-refractivity contribution in [3.05, 3.63) is 16.6 Å². The van der Waals surface area contributed by atoms with Gasteiger partial charge in [-0.2, -0.15) is 0 Å². The van der Waals surface area contributed by atoms with Gasteiger partial charge in [-0.25, -0.2) is 4.98 Å². The van der Waals surface area contributed by atoms with Crippen LogP contribution in [0.5, 0.6) is 0 Å². The van der Waals surface area contributed by atoms with Crippen molar-refractivity contribution < 1.29 is 0 Å². The Hall–Kier alpha value is -0.450. The standard InChI is InChI=1S/C11H19N3S/c1-2-10(11-13-5-6-15-11)14-8-9-3-4-12-7-9/h5-6,9-10,12,14H,2-4,7-8H2,1H3. The van der Waals surface area contributed by atoms with Gasteiger partial charge in [-0.1, -0.05) is 6.92 Å². The van der Waals surface area contributed by atoms with Gasteiger partial charge in [0.2, 0.25) is 0 Å². The lowest BCUT2D eigenvalue weighted by atomic mass is 10.1. The minimum Gasteiger partial charge on any atom is -0.316 e. The molecule has 2 atom stereocenters. The van der Waals surface area contributed by atoms with Crippen molar-refractivity contribution in [3.8, 4) is 0 Å². The SMILES string of the molecule is CCC(NCC1CCNC1)c1nccs1. The van der Waals surface area contributed by atoms with E-state index >= 15 is 0 Å². The number of nitrogens with zero attached hydrogens (tertiary/aromatic N) is 1. The van der Waals surface area contributed by atoms with E-state index in [-0.39, 0.29) is 0 Å². The molecule has 0 bridgehead atoms. The zero-order chi connectivity index (χ0) is 10.5. The summed E-state index contributed by atoms with van der Waals surface area (Å²) in [6, 6.07) is 0.450. The molecule has 0 aliphatic carbocycles. The van der Waals surface area contributed by atoms with E-state index in [1.165, 1.54) is 24.5 Å². The molecular formula is C11H19N3S. The minimum absolute atomic E-state index is 0.450. The van der Waals surface area contributed by atoms with E-state index in [1.54, 1.807) is 11.3 Å². The van der Waals surface area contributed by atoms with Gasteiger partial charge in [0.25, 0.3) is 0 Å². The second kappa shape index (κ2) is 5.58. The highest BCUT2D eigenvalue weighted by atomic mass is 32.1. The molecule has 0 aromatic carbocycles. The van der Waals surface area contributed by atoms with Crippen LogP contribution in [0.1, 0.15) is 30.8 Å². The second-order valence-corrected chi connectivity index (χ2v) is 5.02. The van der Waals surface area contributed by atoms with E-state index < -0.39 is 0 Å². The highest BCUT2D eigenvalue weighted by molar-refractivity contribution is 7.09. The van der Waals surface area contributed by atoms with Crippen molar-refractivity contribution in [1.82, 2.24) is 15.6 Å². The van der Waals surface area contributed by atoms with Gasteiger partial charge in [0.15, 0.2) is 0 Å². The van der Waals surface area contributed by atoms with Gasteiger partial charge in [-0.3, -0.25) is 0 Å². The first-order valence-corrected chi connectivity index (χ1v) is 6.61. The molecule has 2 heterocycles. The predicted octanol–water partition coefficient (Wildman–Crippen LogP) is 1.79. The van der Waals surface area contributed by atoms with Gasteiger partial charge < -0.3 is 10.6 Å². The van der Waals surface area contributed by atoms with E-state index in [4.69, 9.17) is 0 Å². The Morgan fingerprint density at radius 1 is 1.73 bits per heavy atom. The fraction of sp³-hybridized carbons (Fsp3) is 0.727. The van der Waals surface area contributed by atoms with Crippen molar-refractivity contribution in [2.24, 2.45) is 5.92 Å². The third kappa shape index (κ3) is 3.00. The number of rotatable bonds is 5. The summed E-state index contributed by atoms with van der Waals surface area (Å²) < 4.78 is 0. The molecular weight excluding hydrogens is 206 g/mol. The fourth-order valence-electron chi connectivity index (χ4n) is 2.01. The molecule has 1 aromatic heterocycles. The Morgan fingerprint density at radius 2 is 2.67 bits per heavy atom. The average molecular weight is 225 g/mol. The molecule has 0 saturated carbocycles. The summed E-state index contributed by atoms with van der Waals surface area (Å²) in [7, 11) is 0. The normalized spacial score (nSPS) is 23.1. The van der Waals surface area contributed by atoms with Gasteiger partial charge in [-0.15, -0.1) is 11.3 Å². The first-order valence-electron chi connectivity index (χ1n) is 5.73. The highest BCUT2D eigenvalue weighted by Crippen LogP contribution is 2.19. The molecule has 0 amide bonds. The zero-order valence-corrected chi connectivity index (χ0v) is 10.0. The summed E-state index contributed by atoms with van der Waals surface area (Å²) in [5.41, 5.74) is 0. The lowest BCUT2D eigenvalue weighted by Crippen LogP contribution is -2.28. The van der Waals surface area contributed by atoms with E-state index in [0.717, 1.165) is 18.9 Å². The zero-order valence-electron chi connectivity index (χ0n) is 9.20. The van der Waals surface area contributed by atoms with Gasteiger partial charge in [0.05, 0.1) is 6.04 Å². The van der Waals surface area contributed by atoms with Crippen LogP contribution in [0.25, 0.3) is 0 Å². The molecule has 3 nitrogen and oxygen atoms in total. The molecule has 15 heavy (non-hydrogen) atoms. The summed E-state index contributed by atoms with van der Waals surface area (Å²) in [6.45, 7) is 5.68. The van der Waals surface area contributed by atoms with E-state index in [2.05, 4.69) is 27.9 Å². The molecule has 2 rings (SSSR count). The van der Waals surface area contributed by atoms with Crippen molar-refractivity contribution >= 4 is 11.3 Å². The number of hydrogen-bond acceptors (Lipinski definition) is 4. The largest absolute Gasteiger partial charge is 0.316 e. The van der Waals surface area contributed by atoms with Crippen LogP contribution in [0.3, 0.4) is 0 Å². The van der Waals surface area contributed by atoms with Crippen LogP contribution in [0, 0.1) is 5.92 Å². The molecule has 0 spiro atoms. The first-order chi connectivity index (χ1) is 7.40. The molecule has 4 heteroatoms. The van der Waals surface area contributed by atoms with Gasteiger partial charge >= 0.3 is 0 Å². The highest BCUT2D eigenvalue weighted by Gasteiger charge is 2.17.